The Kier molecular flexibility index (Phi) is 8.78. The van der Waals surface area contributed by atoms with E-state index in [0.29, 0.717) is 6.10 Å². The van der Waals surface area contributed by atoms with E-state index in [1.54, 1.807) is 0 Å². The van der Waals surface area contributed by atoms with Crippen LogP contribution >= 0.6 is 0 Å². The van der Waals surface area contributed by atoms with Crippen molar-refractivity contribution in [3.05, 3.63) is 0 Å². The Hall–Kier alpha value is -0.0400. The molecule has 1 aliphatic heterocycles. The van der Waals surface area contributed by atoms with Gasteiger partial charge in [-0.25, -0.2) is 0 Å². The van der Waals surface area contributed by atoms with Crippen LogP contribution in [0.15, 0.2) is 0 Å². The maximum atomic E-state index is 5.32. The molecule has 0 spiro atoms. The summed E-state index contributed by atoms with van der Waals surface area (Å²) >= 11 is 0. The Balaban J connectivity index is 1.81. The van der Waals surface area contributed by atoms with Gasteiger partial charge in [0.25, 0.3) is 0 Å². The number of hydrogen-bond donors (Lipinski definition) is 0. The molecule has 1 fully saturated rings. The Labute approximate surface area is 108 Å². The molecule has 1 saturated heterocycles. The van der Waals surface area contributed by atoms with Crippen LogP contribution in [0.5, 0.6) is 0 Å². The lowest BCUT2D eigenvalue weighted by atomic mass is 9.93. The monoisotopic (exact) mass is 240 g/mol. The molecule has 0 radical (unpaired) electrons. The minimum Gasteiger partial charge on any atom is -0.373 e. The van der Waals surface area contributed by atoms with E-state index in [4.69, 9.17) is 4.74 Å². The average molecular weight is 240 g/mol. The lowest BCUT2D eigenvalue weighted by Crippen LogP contribution is -2.03. The number of ether oxygens (including phenoxy) is 1. The predicted octanol–water partition coefficient (Wildman–Crippen LogP) is 5.33. The topological polar surface area (TPSA) is 12.5 Å². The van der Waals surface area contributed by atoms with Crippen molar-refractivity contribution in [2.45, 2.75) is 90.6 Å². The second-order valence-electron chi connectivity index (χ2n) is 5.73. The first-order chi connectivity index (χ1) is 8.36. The van der Waals surface area contributed by atoms with Gasteiger partial charge in [0.05, 0.1) is 12.7 Å². The van der Waals surface area contributed by atoms with Crippen LogP contribution in [0.3, 0.4) is 0 Å². The summed E-state index contributed by atoms with van der Waals surface area (Å²) in [6, 6.07) is 0. The van der Waals surface area contributed by atoms with E-state index in [2.05, 4.69) is 13.8 Å². The van der Waals surface area contributed by atoms with E-state index in [-0.39, 0.29) is 0 Å². The quantitative estimate of drug-likeness (QED) is 0.332. The fourth-order valence-electron chi connectivity index (χ4n) is 2.63. The molecule has 0 N–H and O–H groups in total. The van der Waals surface area contributed by atoms with Gasteiger partial charge in [-0.15, -0.1) is 0 Å². The highest BCUT2D eigenvalue weighted by Gasteiger charge is 2.25. The molecule has 1 aliphatic rings. The maximum absolute atomic E-state index is 5.32. The van der Waals surface area contributed by atoms with Crippen molar-refractivity contribution in [2.24, 2.45) is 5.92 Å². The van der Waals surface area contributed by atoms with E-state index in [9.17, 15) is 0 Å². The van der Waals surface area contributed by atoms with Crippen LogP contribution in [0.25, 0.3) is 0 Å². The number of epoxide rings is 1. The third-order valence-electron chi connectivity index (χ3n) is 4.04. The molecule has 0 saturated carbocycles. The molecule has 102 valence electrons. The fraction of sp³-hybridized carbons (Fsp3) is 1.00. The zero-order chi connectivity index (χ0) is 12.3. The van der Waals surface area contributed by atoms with Crippen LogP contribution in [0, 0.1) is 5.92 Å². The number of hydrogen-bond acceptors (Lipinski definition) is 1. The van der Waals surface area contributed by atoms with Gasteiger partial charge >= 0.3 is 0 Å². The second-order valence-corrected chi connectivity index (χ2v) is 5.73. The van der Waals surface area contributed by atoms with Crippen molar-refractivity contribution < 1.29 is 4.74 Å². The number of unbranched alkanes of at least 4 members (excludes halogenated alkanes) is 7. The fourth-order valence-corrected chi connectivity index (χ4v) is 2.63. The summed E-state index contributed by atoms with van der Waals surface area (Å²) in [4.78, 5) is 0. The molecule has 0 amide bonds. The van der Waals surface area contributed by atoms with E-state index < -0.39 is 0 Å². The standard InChI is InChI=1S/C16H32O/c1-3-5-6-7-8-9-10-11-12-15(4-2)13-16-14-17-16/h15-16H,3-14H2,1-2H3. The summed E-state index contributed by atoms with van der Waals surface area (Å²) in [5.41, 5.74) is 0. The minimum absolute atomic E-state index is 0.633. The molecule has 0 aromatic carbocycles. The van der Waals surface area contributed by atoms with Crippen LogP contribution in [-0.2, 0) is 4.74 Å². The smallest absolute Gasteiger partial charge is 0.0812 e. The van der Waals surface area contributed by atoms with E-state index in [0.717, 1.165) is 12.5 Å². The Bertz CT molecular complexity index is 163. The molecule has 1 nitrogen and oxygen atoms in total. The highest BCUT2D eigenvalue weighted by atomic mass is 16.6. The van der Waals surface area contributed by atoms with Gasteiger partial charge in [0, 0.05) is 0 Å². The van der Waals surface area contributed by atoms with Gasteiger partial charge in [0.2, 0.25) is 0 Å². The lowest BCUT2D eigenvalue weighted by Gasteiger charge is -2.12. The van der Waals surface area contributed by atoms with Crippen molar-refractivity contribution in [2.75, 3.05) is 6.61 Å². The summed E-state index contributed by atoms with van der Waals surface area (Å²) in [6.45, 7) is 5.65. The molecular weight excluding hydrogens is 208 g/mol. The maximum Gasteiger partial charge on any atom is 0.0812 e. The molecule has 2 unspecified atom stereocenters. The van der Waals surface area contributed by atoms with Crippen molar-refractivity contribution >= 4 is 0 Å². The van der Waals surface area contributed by atoms with Gasteiger partial charge in [0.15, 0.2) is 0 Å². The summed E-state index contributed by atoms with van der Waals surface area (Å²) in [7, 11) is 0. The minimum atomic E-state index is 0.633. The van der Waals surface area contributed by atoms with Gasteiger partial charge in [-0.05, 0) is 12.3 Å². The average Bonchev–Trinajstić information content (AvgIpc) is 3.15. The highest BCUT2D eigenvalue weighted by Crippen LogP contribution is 2.25. The number of rotatable bonds is 12. The zero-order valence-corrected chi connectivity index (χ0v) is 12.0. The van der Waals surface area contributed by atoms with Crippen LogP contribution in [0.4, 0.5) is 0 Å². The summed E-state index contributed by atoms with van der Waals surface area (Å²) in [5.74, 6) is 0.933. The van der Waals surface area contributed by atoms with Gasteiger partial charge in [-0.2, -0.15) is 0 Å². The Morgan fingerprint density at radius 3 is 2.06 bits per heavy atom. The molecule has 0 aliphatic carbocycles. The third-order valence-corrected chi connectivity index (χ3v) is 4.04. The molecule has 1 rings (SSSR count). The second kappa shape index (κ2) is 9.94. The zero-order valence-electron chi connectivity index (χ0n) is 12.0. The van der Waals surface area contributed by atoms with E-state index >= 15 is 0 Å². The summed E-state index contributed by atoms with van der Waals surface area (Å²) in [5, 5.41) is 0. The first-order valence-electron chi connectivity index (χ1n) is 7.98. The largest absolute Gasteiger partial charge is 0.373 e. The van der Waals surface area contributed by atoms with Gasteiger partial charge in [-0.3, -0.25) is 0 Å². The predicted molar refractivity (Wildman–Crippen MR) is 75.4 cm³/mol. The van der Waals surface area contributed by atoms with Crippen LogP contribution < -0.4 is 0 Å². The van der Waals surface area contributed by atoms with E-state index in [1.165, 1.54) is 70.6 Å². The molecule has 1 heterocycles. The first-order valence-corrected chi connectivity index (χ1v) is 7.98. The first kappa shape index (κ1) is 15.0. The van der Waals surface area contributed by atoms with Gasteiger partial charge in [-0.1, -0.05) is 78.1 Å². The summed E-state index contributed by atoms with van der Waals surface area (Å²) in [6.07, 6.45) is 16.3. The highest BCUT2D eigenvalue weighted by molar-refractivity contribution is 4.73. The van der Waals surface area contributed by atoms with Crippen molar-refractivity contribution in [3.8, 4) is 0 Å². The molecule has 2 atom stereocenters. The molecule has 1 heteroatoms. The SMILES string of the molecule is CCCCCCCCCCC(CC)CC1CO1. The molecule has 0 aromatic rings. The van der Waals surface area contributed by atoms with Crippen molar-refractivity contribution in [1.29, 1.82) is 0 Å². The molecule has 17 heavy (non-hydrogen) atoms. The van der Waals surface area contributed by atoms with Crippen LogP contribution in [0.2, 0.25) is 0 Å². The van der Waals surface area contributed by atoms with Gasteiger partial charge in [0.1, 0.15) is 0 Å². The Morgan fingerprint density at radius 2 is 1.53 bits per heavy atom. The normalized spacial score (nSPS) is 20.5. The van der Waals surface area contributed by atoms with E-state index in [1.807, 2.05) is 0 Å². The van der Waals surface area contributed by atoms with Gasteiger partial charge < -0.3 is 4.74 Å². The third kappa shape index (κ3) is 8.65. The van der Waals surface area contributed by atoms with Crippen LogP contribution in [-0.4, -0.2) is 12.7 Å². The Morgan fingerprint density at radius 1 is 0.941 bits per heavy atom. The molecule has 0 bridgehead atoms. The molecular formula is C16H32O. The van der Waals surface area contributed by atoms with Crippen LogP contribution in [0.1, 0.15) is 84.5 Å². The lowest BCUT2D eigenvalue weighted by molar-refractivity contribution is 0.329. The summed E-state index contributed by atoms with van der Waals surface area (Å²) < 4.78 is 5.32. The molecule has 0 aromatic heterocycles. The van der Waals surface area contributed by atoms with Crippen molar-refractivity contribution in [1.82, 2.24) is 0 Å². The van der Waals surface area contributed by atoms with Crippen molar-refractivity contribution in [3.63, 3.8) is 0 Å².